The van der Waals surface area contributed by atoms with Crippen LogP contribution in [0.4, 0.5) is 0 Å². The van der Waals surface area contributed by atoms with Crippen molar-refractivity contribution in [2.75, 3.05) is 6.54 Å². The van der Waals surface area contributed by atoms with Gasteiger partial charge in [-0.3, -0.25) is 9.59 Å². The Kier molecular flexibility index (Phi) is 5.81. The first kappa shape index (κ1) is 15.2. The van der Waals surface area contributed by atoms with Crippen molar-refractivity contribution in [3.63, 3.8) is 0 Å². The summed E-state index contributed by atoms with van der Waals surface area (Å²) in [5.41, 5.74) is 0. The molecule has 0 aliphatic carbocycles. The number of carboxylic acids is 1. The molecule has 18 heavy (non-hydrogen) atoms. The van der Waals surface area contributed by atoms with Crippen molar-refractivity contribution in [3.8, 4) is 0 Å². The van der Waals surface area contributed by atoms with Crippen LogP contribution in [0, 0.1) is 11.8 Å². The van der Waals surface area contributed by atoms with E-state index in [1.165, 1.54) is 0 Å². The van der Waals surface area contributed by atoms with Crippen molar-refractivity contribution in [1.82, 2.24) is 5.32 Å². The maximum absolute atomic E-state index is 11.7. The summed E-state index contributed by atoms with van der Waals surface area (Å²) < 4.78 is 1.05. The first-order valence-electron chi connectivity index (χ1n) is 5.66. The molecule has 1 heterocycles. The molecule has 0 bridgehead atoms. The van der Waals surface area contributed by atoms with Crippen LogP contribution in [-0.2, 0) is 16.0 Å². The van der Waals surface area contributed by atoms with Gasteiger partial charge in [-0.1, -0.05) is 13.8 Å². The van der Waals surface area contributed by atoms with E-state index in [0.29, 0.717) is 13.0 Å². The molecular formula is C12H16BrNO3S. The average molecular weight is 334 g/mol. The second-order valence-corrected chi connectivity index (χ2v) is 6.85. The normalized spacial score (nSPS) is 12.4. The monoisotopic (exact) mass is 333 g/mol. The Labute approximate surface area is 119 Å². The standard InChI is InChI=1S/C12H16BrNO3S/c1-7(2)10(12(16)17)11(15)14-6-5-8-3-4-9(13)18-8/h3-4,7,10H,5-6H2,1-2H3,(H,14,15)(H,16,17). The summed E-state index contributed by atoms with van der Waals surface area (Å²) in [4.78, 5) is 23.8. The third kappa shape index (κ3) is 4.42. The molecular weight excluding hydrogens is 318 g/mol. The SMILES string of the molecule is CC(C)C(C(=O)O)C(=O)NCCc1ccc(Br)s1. The highest BCUT2D eigenvalue weighted by Crippen LogP contribution is 2.22. The average Bonchev–Trinajstić information content (AvgIpc) is 2.63. The van der Waals surface area contributed by atoms with Gasteiger partial charge in [-0.25, -0.2) is 0 Å². The van der Waals surface area contributed by atoms with Crippen molar-refractivity contribution >= 4 is 39.1 Å². The lowest BCUT2D eigenvalue weighted by molar-refractivity contribution is -0.148. The number of carbonyl (C=O) groups is 2. The number of thiophene rings is 1. The molecule has 1 amide bonds. The Morgan fingerprint density at radius 2 is 2.11 bits per heavy atom. The lowest BCUT2D eigenvalue weighted by Crippen LogP contribution is -2.39. The fourth-order valence-electron chi connectivity index (χ4n) is 1.61. The molecule has 0 aliphatic heterocycles. The topological polar surface area (TPSA) is 66.4 Å². The summed E-state index contributed by atoms with van der Waals surface area (Å²) in [5.74, 6) is -2.66. The van der Waals surface area contributed by atoms with E-state index in [4.69, 9.17) is 5.11 Å². The lowest BCUT2D eigenvalue weighted by Gasteiger charge is -2.15. The molecule has 0 saturated carbocycles. The predicted octanol–water partition coefficient (Wildman–Crippen LogP) is 2.53. The Morgan fingerprint density at radius 1 is 1.44 bits per heavy atom. The van der Waals surface area contributed by atoms with Crippen LogP contribution in [-0.4, -0.2) is 23.5 Å². The number of aliphatic carboxylic acids is 1. The molecule has 1 unspecified atom stereocenters. The zero-order valence-corrected chi connectivity index (χ0v) is 12.7. The Morgan fingerprint density at radius 3 is 2.56 bits per heavy atom. The van der Waals surface area contributed by atoms with Gasteiger partial charge in [-0.2, -0.15) is 0 Å². The number of halogens is 1. The van der Waals surface area contributed by atoms with E-state index in [-0.39, 0.29) is 5.92 Å². The van der Waals surface area contributed by atoms with Crippen LogP contribution in [0.1, 0.15) is 18.7 Å². The molecule has 4 nitrogen and oxygen atoms in total. The lowest BCUT2D eigenvalue weighted by atomic mass is 9.95. The summed E-state index contributed by atoms with van der Waals surface area (Å²) in [6.07, 6.45) is 0.715. The zero-order chi connectivity index (χ0) is 13.7. The highest BCUT2D eigenvalue weighted by atomic mass is 79.9. The fourth-order valence-corrected chi connectivity index (χ4v) is 3.09. The number of hydrogen-bond acceptors (Lipinski definition) is 3. The van der Waals surface area contributed by atoms with Crippen LogP contribution in [0.5, 0.6) is 0 Å². The summed E-state index contributed by atoms with van der Waals surface area (Å²) in [6, 6.07) is 3.94. The van der Waals surface area contributed by atoms with E-state index in [1.54, 1.807) is 25.2 Å². The summed E-state index contributed by atoms with van der Waals surface area (Å²) in [6.45, 7) is 3.92. The van der Waals surface area contributed by atoms with Gasteiger partial charge in [0.15, 0.2) is 0 Å². The van der Waals surface area contributed by atoms with E-state index >= 15 is 0 Å². The van der Waals surface area contributed by atoms with Gasteiger partial charge in [0.25, 0.3) is 0 Å². The van der Waals surface area contributed by atoms with Gasteiger partial charge in [-0.05, 0) is 40.4 Å². The van der Waals surface area contributed by atoms with Crippen molar-refractivity contribution in [1.29, 1.82) is 0 Å². The molecule has 1 rings (SSSR count). The molecule has 0 aliphatic rings. The minimum Gasteiger partial charge on any atom is -0.481 e. The van der Waals surface area contributed by atoms with Gasteiger partial charge in [0, 0.05) is 11.4 Å². The molecule has 1 aromatic rings. The minimum absolute atomic E-state index is 0.210. The molecule has 0 spiro atoms. The molecule has 2 N–H and O–H groups in total. The molecule has 1 atom stereocenters. The highest BCUT2D eigenvalue weighted by molar-refractivity contribution is 9.11. The molecule has 0 radical (unpaired) electrons. The fraction of sp³-hybridized carbons (Fsp3) is 0.500. The first-order valence-corrected chi connectivity index (χ1v) is 7.27. The van der Waals surface area contributed by atoms with Gasteiger partial charge >= 0.3 is 5.97 Å². The number of amides is 1. The van der Waals surface area contributed by atoms with Gasteiger partial charge in [0.05, 0.1) is 3.79 Å². The van der Waals surface area contributed by atoms with Crippen molar-refractivity contribution in [2.24, 2.45) is 11.8 Å². The van der Waals surface area contributed by atoms with Crippen molar-refractivity contribution in [2.45, 2.75) is 20.3 Å². The second kappa shape index (κ2) is 6.89. The summed E-state index contributed by atoms with van der Waals surface area (Å²) >= 11 is 4.98. The number of hydrogen-bond donors (Lipinski definition) is 2. The number of carboxylic acid groups (broad SMARTS) is 1. The Hall–Kier alpha value is -0.880. The Bertz CT molecular complexity index is 431. The molecule has 0 saturated heterocycles. The summed E-state index contributed by atoms with van der Waals surface area (Å²) in [5, 5.41) is 11.6. The Balaban J connectivity index is 2.43. The zero-order valence-electron chi connectivity index (χ0n) is 10.3. The van der Waals surface area contributed by atoms with Crippen molar-refractivity contribution < 1.29 is 14.7 Å². The maximum Gasteiger partial charge on any atom is 0.316 e. The first-order chi connectivity index (χ1) is 8.41. The smallest absolute Gasteiger partial charge is 0.316 e. The van der Waals surface area contributed by atoms with E-state index in [2.05, 4.69) is 21.2 Å². The minimum atomic E-state index is -1.07. The number of nitrogens with one attached hydrogen (secondary N) is 1. The predicted molar refractivity (Wildman–Crippen MR) is 74.7 cm³/mol. The van der Waals surface area contributed by atoms with E-state index in [0.717, 1.165) is 8.66 Å². The molecule has 1 aromatic heterocycles. The summed E-state index contributed by atoms with van der Waals surface area (Å²) in [7, 11) is 0. The quantitative estimate of drug-likeness (QED) is 0.786. The third-order valence-corrected chi connectivity index (χ3v) is 4.20. The van der Waals surface area contributed by atoms with Crippen molar-refractivity contribution in [3.05, 3.63) is 20.8 Å². The number of carbonyl (C=O) groups excluding carboxylic acids is 1. The van der Waals surface area contributed by atoms with Crippen LogP contribution in [0.25, 0.3) is 0 Å². The van der Waals surface area contributed by atoms with E-state index in [1.807, 2.05) is 12.1 Å². The molecule has 0 aromatic carbocycles. The van der Waals surface area contributed by atoms with E-state index in [9.17, 15) is 9.59 Å². The van der Waals surface area contributed by atoms with Gasteiger partial charge in [0.1, 0.15) is 5.92 Å². The second-order valence-electron chi connectivity index (χ2n) is 4.31. The van der Waals surface area contributed by atoms with E-state index < -0.39 is 17.8 Å². The molecule has 6 heteroatoms. The maximum atomic E-state index is 11.7. The van der Waals surface area contributed by atoms with Crippen LogP contribution in [0.2, 0.25) is 0 Å². The van der Waals surface area contributed by atoms with Crippen LogP contribution in [0.3, 0.4) is 0 Å². The molecule has 0 fully saturated rings. The largest absolute Gasteiger partial charge is 0.481 e. The van der Waals surface area contributed by atoms with Crippen LogP contribution in [0.15, 0.2) is 15.9 Å². The van der Waals surface area contributed by atoms with Crippen LogP contribution < -0.4 is 5.32 Å². The number of rotatable bonds is 6. The third-order valence-electron chi connectivity index (χ3n) is 2.51. The molecule has 100 valence electrons. The highest BCUT2D eigenvalue weighted by Gasteiger charge is 2.28. The van der Waals surface area contributed by atoms with Gasteiger partial charge in [-0.15, -0.1) is 11.3 Å². The van der Waals surface area contributed by atoms with Crippen LogP contribution >= 0.6 is 27.3 Å². The van der Waals surface area contributed by atoms with Gasteiger partial charge < -0.3 is 10.4 Å². The van der Waals surface area contributed by atoms with Gasteiger partial charge in [0.2, 0.25) is 5.91 Å².